The Morgan fingerprint density at radius 1 is 1.26 bits per heavy atom. The normalized spacial score (nSPS) is 28.9. The van der Waals surface area contributed by atoms with E-state index in [1.807, 2.05) is 0 Å². The summed E-state index contributed by atoms with van der Waals surface area (Å²) in [6.07, 6.45) is 2.96. The Kier molecular flexibility index (Phi) is 5.91. The van der Waals surface area contributed by atoms with E-state index in [2.05, 4.69) is 15.1 Å². The Morgan fingerprint density at radius 2 is 2.00 bits per heavy atom. The molecule has 1 unspecified atom stereocenters. The Labute approximate surface area is 139 Å². The summed E-state index contributed by atoms with van der Waals surface area (Å²) >= 11 is 0. The minimum atomic E-state index is -0.304. The minimum Gasteiger partial charge on any atom is -0.384 e. The molecule has 6 nitrogen and oxygen atoms in total. The standard InChI is InChI=1S/C17H31N3O3/c1-22-14-17(3-5-18-6-4-17)16(21)20-9-7-19(8-10-20)12-15-2-11-23-13-15/h15,18H,2-14H2,1H3. The largest absolute Gasteiger partial charge is 0.384 e. The molecule has 3 saturated heterocycles. The number of nitrogens with one attached hydrogen (secondary N) is 1. The fourth-order valence-electron chi connectivity index (χ4n) is 4.16. The molecule has 0 aliphatic carbocycles. The van der Waals surface area contributed by atoms with Gasteiger partial charge in [-0.25, -0.2) is 0 Å². The lowest BCUT2D eigenvalue weighted by atomic mass is 9.78. The summed E-state index contributed by atoms with van der Waals surface area (Å²) in [7, 11) is 1.71. The van der Waals surface area contributed by atoms with Crippen LogP contribution < -0.4 is 5.32 Å². The summed E-state index contributed by atoms with van der Waals surface area (Å²) in [5, 5.41) is 3.36. The molecule has 3 heterocycles. The van der Waals surface area contributed by atoms with Crippen molar-refractivity contribution in [2.45, 2.75) is 19.3 Å². The molecule has 1 N–H and O–H groups in total. The maximum Gasteiger partial charge on any atom is 0.231 e. The molecule has 3 aliphatic rings. The molecule has 23 heavy (non-hydrogen) atoms. The van der Waals surface area contributed by atoms with E-state index in [4.69, 9.17) is 9.47 Å². The first-order valence-corrected chi connectivity index (χ1v) is 9.03. The SMILES string of the molecule is COCC1(C(=O)N2CCN(CC3CCOC3)CC2)CCNCC1. The van der Waals surface area contributed by atoms with E-state index in [1.54, 1.807) is 7.11 Å². The molecule has 0 aromatic rings. The van der Waals surface area contributed by atoms with Crippen LogP contribution in [0.1, 0.15) is 19.3 Å². The maximum absolute atomic E-state index is 13.1. The zero-order chi connectivity index (χ0) is 16.1. The lowest BCUT2D eigenvalue weighted by Gasteiger charge is -2.43. The van der Waals surface area contributed by atoms with Crippen molar-refractivity contribution in [3.63, 3.8) is 0 Å². The number of methoxy groups -OCH3 is 1. The van der Waals surface area contributed by atoms with Gasteiger partial charge in [0, 0.05) is 46.4 Å². The Balaban J connectivity index is 1.52. The Hall–Kier alpha value is -0.690. The molecule has 6 heteroatoms. The van der Waals surface area contributed by atoms with Crippen LogP contribution >= 0.6 is 0 Å². The van der Waals surface area contributed by atoms with Gasteiger partial charge in [0.15, 0.2) is 0 Å². The lowest BCUT2D eigenvalue weighted by Crippen LogP contribution is -2.57. The number of amides is 1. The highest BCUT2D eigenvalue weighted by atomic mass is 16.5. The molecule has 0 saturated carbocycles. The van der Waals surface area contributed by atoms with Crippen molar-refractivity contribution in [3.8, 4) is 0 Å². The fraction of sp³-hybridized carbons (Fsp3) is 0.941. The molecule has 0 aromatic heterocycles. The van der Waals surface area contributed by atoms with Crippen molar-refractivity contribution in [2.75, 3.05) is 72.7 Å². The van der Waals surface area contributed by atoms with Gasteiger partial charge in [-0.2, -0.15) is 0 Å². The second-order valence-corrected chi connectivity index (χ2v) is 7.29. The van der Waals surface area contributed by atoms with Crippen LogP contribution in [0.15, 0.2) is 0 Å². The van der Waals surface area contributed by atoms with E-state index in [0.29, 0.717) is 18.4 Å². The van der Waals surface area contributed by atoms with Gasteiger partial charge in [0.1, 0.15) is 0 Å². The van der Waals surface area contributed by atoms with Crippen LogP contribution in [0.5, 0.6) is 0 Å². The number of hydrogen-bond acceptors (Lipinski definition) is 5. The number of hydrogen-bond donors (Lipinski definition) is 1. The number of piperidine rings is 1. The number of carbonyl (C=O) groups excluding carboxylic acids is 1. The third kappa shape index (κ3) is 4.05. The molecular weight excluding hydrogens is 294 g/mol. The zero-order valence-corrected chi connectivity index (χ0v) is 14.4. The second kappa shape index (κ2) is 7.92. The first-order chi connectivity index (χ1) is 11.2. The topological polar surface area (TPSA) is 54.0 Å². The summed E-state index contributed by atoms with van der Waals surface area (Å²) in [4.78, 5) is 17.7. The molecule has 1 atom stereocenters. The van der Waals surface area contributed by atoms with E-state index in [-0.39, 0.29) is 5.41 Å². The van der Waals surface area contributed by atoms with Crippen LogP contribution in [-0.4, -0.2) is 88.5 Å². The quantitative estimate of drug-likeness (QED) is 0.782. The van der Waals surface area contributed by atoms with Gasteiger partial charge in [-0.1, -0.05) is 0 Å². The van der Waals surface area contributed by atoms with Gasteiger partial charge in [-0.15, -0.1) is 0 Å². The van der Waals surface area contributed by atoms with Crippen LogP contribution in [-0.2, 0) is 14.3 Å². The van der Waals surface area contributed by atoms with Gasteiger partial charge in [0.25, 0.3) is 0 Å². The molecule has 0 aromatic carbocycles. The number of nitrogens with zero attached hydrogens (tertiary/aromatic N) is 2. The predicted molar refractivity (Wildman–Crippen MR) is 88.4 cm³/mol. The average Bonchev–Trinajstić information content (AvgIpc) is 3.09. The number of ether oxygens (including phenoxy) is 2. The molecule has 3 rings (SSSR count). The van der Waals surface area contributed by atoms with Crippen molar-refractivity contribution < 1.29 is 14.3 Å². The van der Waals surface area contributed by atoms with Gasteiger partial charge < -0.3 is 19.7 Å². The minimum absolute atomic E-state index is 0.304. The molecular formula is C17H31N3O3. The third-order valence-corrected chi connectivity index (χ3v) is 5.63. The van der Waals surface area contributed by atoms with Crippen LogP contribution in [0.2, 0.25) is 0 Å². The van der Waals surface area contributed by atoms with Crippen molar-refractivity contribution in [3.05, 3.63) is 0 Å². The van der Waals surface area contributed by atoms with Crippen molar-refractivity contribution in [1.82, 2.24) is 15.1 Å². The summed E-state index contributed by atoms with van der Waals surface area (Å²) in [5.41, 5.74) is -0.304. The number of piperazine rings is 1. The van der Waals surface area contributed by atoms with Crippen molar-refractivity contribution in [1.29, 1.82) is 0 Å². The van der Waals surface area contributed by atoms with E-state index in [1.165, 1.54) is 6.42 Å². The highest BCUT2D eigenvalue weighted by molar-refractivity contribution is 5.83. The predicted octanol–water partition coefficient (Wildman–Crippen LogP) is 0.183. The Morgan fingerprint density at radius 3 is 2.61 bits per heavy atom. The highest BCUT2D eigenvalue weighted by Crippen LogP contribution is 2.32. The molecule has 132 valence electrons. The van der Waals surface area contributed by atoms with E-state index >= 15 is 0 Å². The zero-order valence-electron chi connectivity index (χ0n) is 14.4. The molecule has 1 amide bonds. The smallest absolute Gasteiger partial charge is 0.231 e. The van der Waals surface area contributed by atoms with Gasteiger partial charge >= 0.3 is 0 Å². The van der Waals surface area contributed by atoms with Crippen molar-refractivity contribution in [2.24, 2.45) is 11.3 Å². The third-order valence-electron chi connectivity index (χ3n) is 5.63. The first-order valence-electron chi connectivity index (χ1n) is 9.03. The molecule has 0 bridgehead atoms. The van der Waals surface area contributed by atoms with Gasteiger partial charge in [0.2, 0.25) is 5.91 Å². The summed E-state index contributed by atoms with van der Waals surface area (Å²) in [6, 6.07) is 0. The fourth-order valence-corrected chi connectivity index (χ4v) is 4.16. The molecule has 3 aliphatic heterocycles. The molecule has 0 spiro atoms. The van der Waals surface area contributed by atoms with Crippen LogP contribution in [0.4, 0.5) is 0 Å². The van der Waals surface area contributed by atoms with Gasteiger partial charge in [0.05, 0.1) is 18.6 Å². The van der Waals surface area contributed by atoms with Crippen molar-refractivity contribution >= 4 is 5.91 Å². The summed E-state index contributed by atoms with van der Waals surface area (Å²) in [6.45, 7) is 9.00. The maximum atomic E-state index is 13.1. The van der Waals surface area contributed by atoms with E-state index < -0.39 is 0 Å². The van der Waals surface area contributed by atoms with Crippen LogP contribution in [0.3, 0.4) is 0 Å². The van der Waals surface area contributed by atoms with Gasteiger partial charge in [-0.05, 0) is 38.3 Å². The summed E-state index contributed by atoms with van der Waals surface area (Å²) in [5.74, 6) is 0.992. The lowest BCUT2D eigenvalue weighted by molar-refractivity contribution is -0.149. The average molecular weight is 325 g/mol. The summed E-state index contributed by atoms with van der Waals surface area (Å²) < 4.78 is 10.9. The monoisotopic (exact) mass is 325 g/mol. The van der Waals surface area contributed by atoms with E-state index in [9.17, 15) is 4.79 Å². The van der Waals surface area contributed by atoms with Crippen LogP contribution in [0.25, 0.3) is 0 Å². The van der Waals surface area contributed by atoms with E-state index in [0.717, 1.165) is 71.9 Å². The first kappa shape index (κ1) is 17.1. The number of carbonyl (C=O) groups is 1. The van der Waals surface area contributed by atoms with Gasteiger partial charge in [-0.3, -0.25) is 9.69 Å². The molecule has 3 fully saturated rings. The highest BCUT2D eigenvalue weighted by Gasteiger charge is 2.42. The molecule has 0 radical (unpaired) electrons. The number of rotatable bonds is 5. The van der Waals surface area contributed by atoms with Crippen LogP contribution in [0, 0.1) is 11.3 Å². The Bertz CT molecular complexity index is 379. The second-order valence-electron chi connectivity index (χ2n) is 7.29.